The Morgan fingerprint density at radius 1 is 1.24 bits per heavy atom. The van der Waals surface area contributed by atoms with Crippen LogP contribution in [0.5, 0.6) is 0 Å². The molecule has 0 spiro atoms. The van der Waals surface area contributed by atoms with E-state index in [0.29, 0.717) is 6.54 Å². The van der Waals surface area contributed by atoms with E-state index in [0.717, 1.165) is 37.2 Å². The normalized spacial score (nSPS) is 25.4. The number of rotatable bonds is 3. The minimum Gasteiger partial charge on any atom is -0.371 e. The molecule has 0 saturated carbocycles. The quantitative estimate of drug-likeness (QED) is 0.926. The van der Waals surface area contributed by atoms with Gasteiger partial charge in [-0.2, -0.15) is 0 Å². The van der Waals surface area contributed by atoms with Gasteiger partial charge in [-0.3, -0.25) is 0 Å². The van der Waals surface area contributed by atoms with Crippen LogP contribution in [-0.2, 0) is 11.3 Å². The fraction of sp³-hybridized carbons (Fsp3) is 0.647. The van der Waals surface area contributed by atoms with Crippen LogP contribution in [0.4, 0.5) is 10.1 Å². The molecular weight excluding hydrogens is 267 g/mol. The third kappa shape index (κ3) is 3.38. The maximum absolute atomic E-state index is 14.4. The van der Waals surface area contributed by atoms with Crippen molar-refractivity contribution in [3.05, 3.63) is 29.6 Å². The molecule has 2 heterocycles. The van der Waals surface area contributed by atoms with Gasteiger partial charge >= 0.3 is 0 Å². The summed E-state index contributed by atoms with van der Waals surface area (Å²) in [5.74, 6) is -0.121. The molecule has 0 amide bonds. The SMILES string of the molecule is CC(C)(C)NCc1cccc(F)c1N1CC2CCC(C1)O2. The van der Waals surface area contributed by atoms with Gasteiger partial charge in [0.2, 0.25) is 0 Å². The highest BCUT2D eigenvalue weighted by atomic mass is 19.1. The second kappa shape index (κ2) is 5.58. The lowest BCUT2D eigenvalue weighted by molar-refractivity contribution is 0.0302. The number of hydrogen-bond donors (Lipinski definition) is 1. The van der Waals surface area contributed by atoms with Crippen molar-refractivity contribution >= 4 is 5.69 Å². The molecular formula is C17H25FN2O. The Morgan fingerprint density at radius 3 is 2.52 bits per heavy atom. The Hall–Kier alpha value is -1.13. The maximum atomic E-state index is 14.4. The van der Waals surface area contributed by atoms with Gasteiger partial charge in [0, 0.05) is 25.2 Å². The van der Waals surface area contributed by atoms with Crippen molar-refractivity contribution in [2.24, 2.45) is 0 Å². The first-order valence-electron chi connectivity index (χ1n) is 7.85. The number of para-hydroxylation sites is 1. The number of nitrogens with zero attached hydrogens (tertiary/aromatic N) is 1. The topological polar surface area (TPSA) is 24.5 Å². The Balaban J connectivity index is 1.83. The van der Waals surface area contributed by atoms with Crippen molar-refractivity contribution in [2.45, 2.75) is 57.9 Å². The van der Waals surface area contributed by atoms with Crippen LogP contribution < -0.4 is 10.2 Å². The van der Waals surface area contributed by atoms with Crippen molar-refractivity contribution in [3.8, 4) is 0 Å². The van der Waals surface area contributed by atoms with E-state index in [2.05, 4.69) is 31.0 Å². The Labute approximate surface area is 126 Å². The van der Waals surface area contributed by atoms with E-state index in [4.69, 9.17) is 4.74 Å². The smallest absolute Gasteiger partial charge is 0.146 e. The molecule has 3 nitrogen and oxygen atoms in total. The molecule has 0 radical (unpaired) electrons. The maximum Gasteiger partial charge on any atom is 0.146 e. The van der Waals surface area contributed by atoms with Crippen LogP contribution >= 0.6 is 0 Å². The molecule has 2 aliphatic rings. The lowest BCUT2D eigenvalue weighted by atomic mass is 10.1. The van der Waals surface area contributed by atoms with Crippen LogP contribution in [0.3, 0.4) is 0 Å². The number of fused-ring (bicyclic) bond motifs is 2. The van der Waals surface area contributed by atoms with Gasteiger partial charge in [0.15, 0.2) is 0 Å². The molecule has 2 unspecified atom stereocenters. The van der Waals surface area contributed by atoms with E-state index in [1.807, 2.05) is 6.07 Å². The van der Waals surface area contributed by atoms with E-state index >= 15 is 0 Å². The molecule has 2 atom stereocenters. The minimum absolute atomic E-state index is 0.0215. The third-order valence-electron chi connectivity index (χ3n) is 4.24. The first kappa shape index (κ1) is 14.8. The molecule has 2 aliphatic heterocycles. The van der Waals surface area contributed by atoms with Gasteiger partial charge in [0.25, 0.3) is 0 Å². The molecule has 0 aliphatic carbocycles. The lowest BCUT2D eigenvalue weighted by Gasteiger charge is -2.35. The Bertz CT molecular complexity index is 500. The van der Waals surface area contributed by atoms with Crippen molar-refractivity contribution in [2.75, 3.05) is 18.0 Å². The zero-order valence-corrected chi connectivity index (χ0v) is 13.2. The van der Waals surface area contributed by atoms with Crippen molar-refractivity contribution in [1.29, 1.82) is 0 Å². The predicted octanol–water partition coefficient (Wildman–Crippen LogP) is 3.08. The molecule has 1 N–H and O–H groups in total. The fourth-order valence-corrected chi connectivity index (χ4v) is 3.21. The molecule has 3 rings (SSSR count). The number of nitrogens with one attached hydrogen (secondary N) is 1. The summed E-state index contributed by atoms with van der Waals surface area (Å²) in [6.07, 6.45) is 2.75. The highest BCUT2D eigenvalue weighted by Gasteiger charge is 2.35. The van der Waals surface area contributed by atoms with Crippen LogP contribution in [0.1, 0.15) is 39.2 Å². The summed E-state index contributed by atoms with van der Waals surface area (Å²) >= 11 is 0. The molecule has 4 heteroatoms. The van der Waals surface area contributed by atoms with Crippen LogP contribution in [0, 0.1) is 5.82 Å². The van der Waals surface area contributed by atoms with Gasteiger partial charge in [-0.05, 0) is 45.2 Å². The van der Waals surface area contributed by atoms with E-state index in [1.54, 1.807) is 12.1 Å². The van der Waals surface area contributed by atoms with Gasteiger partial charge in [-0.25, -0.2) is 4.39 Å². The number of morpholine rings is 1. The van der Waals surface area contributed by atoms with E-state index < -0.39 is 0 Å². The van der Waals surface area contributed by atoms with Gasteiger partial charge in [0.1, 0.15) is 5.82 Å². The van der Waals surface area contributed by atoms with Gasteiger partial charge in [0.05, 0.1) is 17.9 Å². The highest BCUT2D eigenvalue weighted by molar-refractivity contribution is 5.55. The monoisotopic (exact) mass is 292 g/mol. The second-order valence-electron chi connectivity index (χ2n) is 7.21. The summed E-state index contributed by atoms with van der Waals surface area (Å²) in [6.45, 7) is 8.67. The molecule has 1 aromatic carbocycles. The summed E-state index contributed by atoms with van der Waals surface area (Å²) in [5.41, 5.74) is 1.81. The molecule has 116 valence electrons. The average Bonchev–Trinajstić information content (AvgIpc) is 2.74. The van der Waals surface area contributed by atoms with Crippen molar-refractivity contribution < 1.29 is 9.13 Å². The van der Waals surface area contributed by atoms with Crippen LogP contribution in [0.15, 0.2) is 18.2 Å². The van der Waals surface area contributed by atoms with Crippen molar-refractivity contribution in [1.82, 2.24) is 5.32 Å². The first-order valence-corrected chi connectivity index (χ1v) is 7.85. The molecule has 2 fully saturated rings. The number of benzene rings is 1. The summed E-state index contributed by atoms with van der Waals surface area (Å²) < 4.78 is 20.3. The van der Waals surface area contributed by atoms with E-state index in [-0.39, 0.29) is 23.6 Å². The summed E-state index contributed by atoms with van der Waals surface area (Å²) in [5, 5.41) is 3.46. The number of anilines is 1. The first-order chi connectivity index (χ1) is 9.92. The Morgan fingerprint density at radius 2 is 1.90 bits per heavy atom. The number of ether oxygens (including phenoxy) is 1. The molecule has 0 aromatic heterocycles. The zero-order chi connectivity index (χ0) is 15.0. The largest absolute Gasteiger partial charge is 0.371 e. The average molecular weight is 292 g/mol. The number of halogens is 1. The second-order valence-corrected chi connectivity index (χ2v) is 7.21. The summed E-state index contributed by atoms with van der Waals surface area (Å²) in [7, 11) is 0. The standard InChI is InChI=1S/C17H25FN2O/c1-17(2,3)19-9-12-5-4-6-15(18)16(12)20-10-13-7-8-14(11-20)21-13/h4-6,13-14,19H,7-11H2,1-3H3. The van der Waals surface area contributed by atoms with Crippen LogP contribution in [0.2, 0.25) is 0 Å². The highest BCUT2D eigenvalue weighted by Crippen LogP contribution is 2.33. The molecule has 2 bridgehead atoms. The van der Waals surface area contributed by atoms with Crippen LogP contribution in [-0.4, -0.2) is 30.8 Å². The van der Waals surface area contributed by atoms with E-state index in [1.165, 1.54) is 0 Å². The molecule has 21 heavy (non-hydrogen) atoms. The predicted molar refractivity (Wildman–Crippen MR) is 83.1 cm³/mol. The van der Waals surface area contributed by atoms with Crippen LogP contribution in [0.25, 0.3) is 0 Å². The third-order valence-corrected chi connectivity index (χ3v) is 4.24. The van der Waals surface area contributed by atoms with Crippen molar-refractivity contribution in [3.63, 3.8) is 0 Å². The molecule has 2 saturated heterocycles. The minimum atomic E-state index is -0.121. The summed E-state index contributed by atoms with van der Waals surface area (Å²) in [4.78, 5) is 2.18. The molecule has 1 aromatic rings. The lowest BCUT2D eigenvalue weighted by Crippen LogP contribution is -2.44. The zero-order valence-electron chi connectivity index (χ0n) is 13.2. The summed E-state index contributed by atoms with van der Waals surface area (Å²) in [6, 6.07) is 5.38. The Kier molecular flexibility index (Phi) is 3.93. The van der Waals surface area contributed by atoms with Gasteiger partial charge in [-0.15, -0.1) is 0 Å². The number of hydrogen-bond acceptors (Lipinski definition) is 3. The van der Waals surface area contributed by atoms with E-state index in [9.17, 15) is 4.39 Å². The van der Waals surface area contributed by atoms with Gasteiger partial charge in [-0.1, -0.05) is 12.1 Å². The van der Waals surface area contributed by atoms with Gasteiger partial charge < -0.3 is 15.0 Å². The fourth-order valence-electron chi connectivity index (χ4n) is 3.21.